The summed E-state index contributed by atoms with van der Waals surface area (Å²) in [6.07, 6.45) is -8.96. The topological polar surface area (TPSA) is 84.0 Å². The molecule has 2 rings (SSSR count). The molecule has 6 nitrogen and oxygen atoms in total. The Kier molecular flexibility index (Phi) is 6.04. The van der Waals surface area contributed by atoms with Gasteiger partial charge in [-0.25, -0.2) is 9.97 Å². The van der Waals surface area contributed by atoms with Crippen LogP contribution in [0.15, 0.2) is 24.5 Å². The number of rotatable bonds is 2. The van der Waals surface area contributed by atoms with Crippen molar-refractivity contribution in [3.05, 3.63) is 57.1 Å². The van der Waals surface area contributed by atoms with Crippen LogP contribution in [-0.4, -0.2) is 21.8 Å². The van der Waals surface area contributed by atoms with Crippen molar-refractivity contribution in [2.45, 2.75) is 12.4 Å². The Morgan fingerprint density at radius 3 is 1.36 bits per heavy atom. The van der Waals surface area contributed by atoms with Crippen LogP contribution in [-0.2, 0) is 12.4 Å². The van der Waals surface area contributed by atoms with Crippen molar-refractivity contribution < 1.29 is 35.9 Å². The molecule has 0 unspecified atom stereocenters. The van der Waals surface area contributed by atoms with Gasteiger partial charge in [-0.15, -0.1) is 0 Å². The Morgan fingerprint density at radius 1 is 0.750 bits per heavy atom. The monoisotopic (exact) mass is 446 g/mol. The molecular weight excluding hydrogens is 441 g/mol. The Hall–Kier alpha value is -2.60. The highest BCUT2D eigenvalue weighted by atomic mass is 35.5. The molecule has 150 valence electrons. The molecule has 0 atom stereocenters. The standard InChI is InChI=1S/C14H6Cl2F6N4O2/c15-9-1-7(13(17,18)19)5(3-23-9)11(27)25-26-12(28)6-4-24-10(16)2-8(6)14(20,21)22/h1-4H,(H,25,27)(H,26,28). The van der Waals surface area contributed by atoms with E-state index in [-0.39, 0.29) is 0 Å². The molecule has 0 spiro atoms. The molecule has 2 N–H and O–H groups in total. The summed E-state index contributed by atoms with van der Waals surface area (Å²) in [7, 11) is 0. The maximum atomic E-state index is 13.0. The second kappa shape index (κ2) is 7.80. The number of hydrogen-bond acceptors (Lipinski definition) is 4. The fourth-order valence-electron chi connectivity index (χ4n) is 1.94. The van der Waals surface area contributed by atoms with Crippen molar-refractivity contribution in [3.63, 3.8) is 0 Å². The number of carbonyl (C=O) groups excluding carboxylic acids is 2. The molecule has 0 aliphatic rings. The van der Waals surface area contributed by atoms with Gasteiger partial charge in [0, 0.05) is 12.4 Å². The van der Waals surface area contributed by atoms with Gasteiger partial charge in [-0.2, -0.15) is 26.3 Å². The number of carbonyl (C=O) groups is 2. The van der Waals surface area contributed by atoms with Crippen molar-refractivity contribution in [2.24, 2.45) is 0 Å². The van der Waals surface area contributed by atoms with Crippen molar-refractivity contribution in [3.8, 4) is 0 Å². The first-order valence-electron chi connectivity index (χ1n) is 6.87. The van der Waals surface area contributed by atoms with Crippen LogP contribution in [0.3, 0.4) is 0 Å². The van der Waals surface area contributed by atoms with Gasteiger partial charge in [-0.05, 0) is 12.1 Å². The minimum absolute atomic E-state index is 0.378. The number of hydrogen-bond donors (Lipinski definition) is 2. The van der Waals surface area contributed by atoms with Crippen LogP contribution in [0.5, 0.6) is 0 Å². The number of hydrazine groups is 1. The zero-order chi connectivity index (χ0) is 21.3. The summed E-state index contributed by atoms with van der Waals surface area (Å²) in [5, 5.41) is -1.09. The van der Waals surface area contributed by atoms with Crippen molar-refractivity contribution in [1.82, 2.24) is 20.8 Å². The molecule has 28 heavy (non-hydrogen) atoms. The molecule has 0 aliphatic carbocycles. The summed E-state index contributed by atoms with van der Waals surface area (Å²) in [6, 6.07) is 0.756. The van der Waals surface area contributed by atoms with Crippen LogP contribution in [0.4, 0.5) is 26.3 Å². The van der Waals surface area contributed by atoms with E-state index in [4.69, 9.17) is 23.2 Å². The molecule has 0 aromatic carbocycles. The van der Waals surface area contributed by atoms with E-state index in [0.29, 0.717) is 24.5 Å². The third-order valence-electron chi connectivity index (χ3n) is 3.13. The number of amides is 2. The maximum absolute atomic E-state index is 13.0. The molecule has 0 saturated carbocycles. The molecular formula is C14H6Cl2F6N4O2. The van der Waals surface area contributed by atoms with Gasteiger partial charge in [0.1, 0.15) is 10.3 Å². The number of alkyl halides is 6. The van der Waals surface area contributed by atoms with Crippen LogP contribution < -0.4 is 10.9 Å². The second-order valence-electron chi connectivity index (χ2n) is 5.01. The van der Waals surface area contributed by atoms with E-state index in [1.807, 2.05) is 0 Å². The first kappa shape index (κ1) is 21.7. The third kappa shape index (κ3) is 5.01. The molecule has 2 amide bonds. The Bertz CT molecular complexity index is 858. The number of aromatic nitrogens is 2. The quantitative estimate of drug-likeness (QED) is 0.416. The van der Waals surface area contributed by atoms with Crippen molar-refractivity contribution >= 4 is 35.0 Å². The molecule has 0 radical (unpaired) electrons. The molecule has 2 heterocycles. The summed E-state index contributed by atoms with van der Waals surface area (Å²) in [5.74, 6) is -2.97. The SMILES string of the molecule is O=C(NNC(=O)c1cnc(Cl)cc1C(F)(F)F)c1cnc(Cl)cc1C(F)(F)F. The summed E-state index contributed by atoms with van der Waals surface area (Å²) in [5.41, 5.74) is -1.79. The highest BCUT2D eigenvalue weighted by molar-refractivity contribution is 6.29. The van der Waals surface area contributed by atoms with Crippen LogP contribution in [0.2, 0.25) is 10.3 Å². The van der Waals surface area contributed by atoms with E-state index in [0.717, 1.165) is 0 Å². The number of halogens is 8. The summed E-state index contributed by atoms with van der Waals surface area (Å²) >= 11 is 10.7. The Balaban J connectivity index is 2.25. The summed E-state index contributed by atoms with van der Waals surface area (Å²) < 4.78 is 77.8. The Morgan fingerprint density at radius 2 is 1.07 bits per heavy atom. The van der Waals surface area contributed by atoms with E-state index in [1.54, 1.807) is 10.9 Å². The van der Waals surface area contributed by atoms with E-state index in [1.165, 1.54) is 0 Å². The Labute approximate surface area is 161 Å². The largest absolute Gasteiger partial charge is 0.417 e. The lowest BCUT2D eigenvalue weighted by molar-refractivity contribution is -0.138. The van der Waals surface area contributed by atoms with Gasteiger partial charge in [0.05, 0.1) is 22.3 Å². The fourth-order valence-corrected chi connectivity index (χ4v) is 2.25. The van der Waals surface area contributed by atoms with Crippen molar-refractivity contribution in [2.75, 3.05) is 0 Å². The van der Waals surface area contributed by atoms with Gasteiger partial charge in [-0.1, -0.05) is 23.2 Å². The highest BCUT2D eigenvalue weighted by Gasteiger charge is 2.37. The first-order valence-corrected chi connectivity index (χ1v) is 7.62. The fraction of sp³-hybridized carbons (Fsp3) is 0.143. The molecule has 14 heteroatoms. The summed E-state index contributed by atoms with van der Waals surface area (Å²) in [6.45, 7) is 0. The normalized spacial score (nSPS) is 11.9. The van der Waals surface area contributed by atoms with Crippen LogP contribution in [0, 0.1) is 0 Å². The average molecular weight is 447 g/mol. The third-order valence-corrected chi connectivity index (χ3v) is 3.54. The summed E-state index contributed by atoms with van der Waals surface area (Å²) in [4.78, 5) is 30.5. The van der Waals surface area contributed by atoms with Gasteiger partial charge in [-0.3, -0.25) is 20.4 Å². The van der Waals surface area contributed by atoms with Gasteiger partial charge >= 0.3 is 12.4 Å². The lowest BCUT2D eigenvalue weighted by Crippen LogP contribution is -2.43. The van der Waals surface area contributed by atoms with Crippen molar-refractivity contribution in [1.29, 1.82) is 0 Å². The van der Waals surface area contributed by atoms with Crippen LogP contribution in [0.25, 0.3) is 0 Å². The zero-order valence-electron chi connectivity index (χ0n) is 13.0. The molecule has 2 aromatic rings. The van der Waals surface area contributed by atoms with E-state index in [2.05, 4.69) is 9.97 Å². The van der Waals surface area contributed by atoms with E-state index in [9.17, 15) is 35.9 Å². The lowest BCUT2D eigenvalue weighted by Gasteiger charge is -2.15. The first-order chi connectivity index (χ1) is 12.8. The zero-order valence-corrected chi connectivity index (χ0v) is 14.6. The number of nitrogens with one attached hydrogen (secondary N) is 2. The molecule has 0 aliphatic heterocycles. The smallest absolute Gasteiger partial charge is 0.267 e. The van der Waals surface area contributed by atoms with Gasteiger partial charge in [0.2, 0.25) is 0 Å². The number of pyridine rings is 2. The highest BCUT2D eigenvalue weighted by Crippen LogP contribution is 2.34. The van der Waals surface area contributed by atoms with Crippen LogP contribution >= 0.6 is 23.2 Å². The van der Waals surface area contributed by atoms with Gasteiger partial charge < -0.3 is 0 Å². The van der Waals surface area contributed by atoms with Crippen LogP contribution in [0.1, 0.15) is 31.8 Å². The predicted octanol–water partition coefficient (Wildman–Crippen LogP) is 3.90. The molecule has 2 aromatic heterocycles. The molecule has 0 bridgehead atoms. The minimum Gasteiger partial charge on any atom is -0.267 e. The second-order valence-corrected chi connectivity index (χ2v) is 5.78. The lowest BCUT2D eigenvalue weighted by atomic mass is 10.1. The minimum atomic E-state index is -4.98. The van der Waals surface area contributed by atoms with Gasteiger partial charge in [0.25, 0.3) is 11.8 Å². The average Bonchev–Trinajstić information content (AvgIpc) is 2.57. The number of nitrogens with zero attached hydrogens (tertiary/aromatic N) is 2. The molecule has 0 fully saturated rings. The van der Waals surface area contributed by atoms with E-state index >= 15 is 0 Å². The maximum Gasteiger partial charge on any atom is 0.417 e. The van der Waals surface area contributed by atoms with Gasteiger partial charge in [0.15, 0.2) is 0 Å². The predicted molar refractivity (Wildman–Crippen MR) is 83.4 cm³/mol. The van der Waals surface area contributed by atoms with E-state index < -0.39 is 56.7 Å². The molecule has 0 saturated heterocycles.